The summed E-state index contributed by atoms with van der Waals surface area (Å²) in [5.74, 6) is 0. The Kier molecular flexibility index (Phi) is 19.5. The van der Waals surface area contributed by atoms with E-state index in [9.17, 15) is 0 Å². The first kappa shape index (κ1) is 23.2. The Bertz CT molecular complexity index is 391. The fourth-order valence-corrected chi connectivity index (χ4v) is 3.40. The van der Waals surface area contributed by atoms with Crippen molar-refractivity contribution in [3.05, 3.63) is 34.0 Å². The van der Waals surface area contributed by atoms with Crippen molar-refractivity contribution in [2.45, 2.75) is 77.6 Å². The van der Waals surface area contributed by atoms with Crippen LogP contribution in [0, 0.1) is 0 Å². The molecule has 2 heterocycles. The second-order valence-corrected chi connectivity index (χ2v) is 7.28. The molecule has 2 rings (SSSR count). The molecule has 24 heavy (non-hydrogen) atoms. The summed E-state index contributed by atoms with van der Waals surface area (Å²) in [5.41, 5.74) is 0. The van der Waals surface area contributed by atoms with E-state index in [2.05, 4.69) is 34.0 Å². The number of unbranched alkanes of at least 4 members (excludes halogenated alkanes) is 9. The molecule has 2 aromatic rings. The maximum Gasteiger partial charge on any atom is 0.0620 e. The van der Waals surface area contributed by atoms with Crippen LogP contribution in [0.4, 0.5) is 0 Å². The lowest BCUT2D eigenvalue weighted by molar-refractivity contribution is -0.176. The Balaban J connectivity index is 0.000000630. The molecular weight excluding hydrogens is 340 g/mol. The third-order valence-electron chi connectivity index (χ3n) is 3.64. The highest BCUT2D eigenvalue weighted by Gasteiger charge is 1.95. The molecule has 0 atom stereocenters. The van der Waals surface area contributed by atoms with E-state index in [4.69, 9.17) is 10.5 Å². The summed E-state index contributed by atoms with van der Waals surface area (Å²) in [6, 6.07) is 4.43. The number of aromatic nitrogens is 2. The first-order valence-corrected chi connectivity index (χ1v) is 10.6. The largest absolute Gasteiger partial charge is 0.255 e. The molecule has 6 heteroatoms. The topological polar surface area (TPSA) is 66.2 Å². The Morgan fingerprint density at radius 2 is 1.50 bits per heavy atom. The van der Waals surface area contributed by atoms with Crippen LogP contribution >= 0.6 is 22.9 Å². The molecule has 0 fully saturated rings. The zero-order valence-electron chi connectivity index (χ0n) is 14.8. The highest BCUT2D eigenvalue weighted by atomic mass is 32.1. The lowest BCUT2D eigenvalue weighted by Crippen LogP contribution is -1.83. The van der Waals surface area contributed by atoms with Crippen LogP contribution < -0.4 is 0 Å². The molecule has 0 aliphatic carbocycles. The summed E-state index contributed by atoms with van der Waals surface area (Å²) in [7, 11) is 0. The molecule has 0 radical (unpaired) electrons. The third-order valence-corrected chi connectivity index (χ3v) is 5.01. The Morgan fingerprint density at radius 3 is 1.92 bits per heavy atom. The second kappa shape index (κ2) is 20.2. The summed E-state index contributed by atoms with van der Waals surface area (Å²) < 4.78 is 3.51. The zero-order chi connectivity index (χ0) is 17.7. The van der Waals surface area contributed by atoms with Gasteiger partial charge in [0.1, 0.15) is 0 Å². The lowest BCUT2D eigenvalue weighted by Gasteiger charge is -2.01. The molecule has 0 aliphatic rings. The smallest absolute Gasteiger partial charge is 0.0620 e. The quantitative estimate of drug-likeness (QED) is 0.259. The minimum atomic E-state index is 1.30. The molecule has 0 amide bonds. The lowest BCUT2D eigenvalue weighted by atomic mass is 10.1. The van der Waals surface area contributed by atoms with E-state index in [0.717, 1.165) is 0 Å². The monoisotopic (exact) mass is 372 g/mol. The molecule has 0 aromatic carbocycles. The average molecular weight is 373 g/mol. The Morgan fingerprint density at radius 1 is 0.875 bits per heavy atom. The molecule has 0 aliphatic heterocycles. The summed E-state index contributed by atoms with van der Waals surface area (Å²) in [6.07, 6.45) is 17.3. The minimum Gasteiger partial charge on any atom is -0.255 e. The molecule has 2 aromatic heterocycles. The maximum atomic E-state index is 6.00. The van der Waals surface area contributed by atoms with Crippen LogP contribution in [0.1, 0.15) is 76.0 Å². The van der Waals surface area contributed by atoms with Crippen molar-refractivity contribution in [2.24, 2.45) is 0 Å². The molecule has 4 nitrogen and oxygen atoms in total. The van der Waals surface area contributed by atoms with Crippen LogP contribution in [-0.2, 0) is 6.42 Å². The molecule has 0 spiro atoms. The fourth-order valence-electron chi connectivity index (χ4n) is 2.38. The number of hydrogen-bond acceptors (Lipinski definition) is 6. The normalized spacial score (nSPS) is 9.62. The van der Waals surface area contributed by atoms with Crippen molar-refractivity contribution in [1.29, 1.82) is 0 Å². The van der Waals surface area contributed by atoms with Crippen molar-refractivity contribution in [3.63, 3.8) is 0 Å². The zero-order valence-corrected chi connectivity index (χ0v) is 16.4. The summed E-state index contributed by atoms with van der Waals surface area (Å²) in [4.78, 5) is 1.56. The van der Waals surface area contributed by atoms with E-state index in [1.165, 1.54) is 82.2 Å². The fraction of sp³-hybridized carbons (Fsp3) is 0.667. The molecule has 0 saturated heterocycles. The highest BCUT2D eigenvalue weighted by Crippen LogP contribution is 2.14. The van der Waals surface area contributed by atoms with Gasteiger partial charge in [-0.25, -0.2) is 0 Å². The molecule has 2 N–H and O–H groups in total. The molecular formula is C18H32N2O2S2. The first-order chi connectivity index (χ1) is 11.9. The van der Waals surface area contributed by atoms with Gasteiger partial charge in [0.05, 0.1) is 6.20 Å². The molecule has 0 bridgehead atoms. The van der Waals surface area contributed by atoms with Crippen molar-refractivity contribution in [3.8, 4) is 0 Å². The van der Waals surface area contributed by atoms with Crippen LogP contribution in [0.2, 0.25) is 0 Å². The standard InChI is InChI=1S/C16H28S.C2H2N2S.H2O2/c1-2-3-4-5-6-7-8-9-10-11-13-16-14-12-15-17-16;1-2-5-4-3-1;1-2/h12,14-15H,2-11,13H2,1H3;1-2H;1-2H. The third kappa shape index (κ3) is 16.1. The van der Waals surface area contributed by atoms with Crippen molar-refractivity contribution < 1.29 is 10.5 Å². The molecule has 0 unspecified atom stereocenters. The molecule has 0 saturated carbocycles. The number of thiophene rings is 1. The van der Waals surface area contributed by atoms with Gasteiger partial charge >= 0.3 is 0 Å². The maximum absolute atomic E-state index is 6.00. The van der Waals surface area contributed by atoms with Crippen molar-refractivity contribution in [1.82, 2.24) is 9.59 Å². The van der Waals surface area contributed by atoms with Gasteiger partial charge < -0.3 is 0 Å². The Hall–Kier alpha value is -0.820. The van der Waals surface area contributed by atoms with Crippen LogP contribution in [0.3, 0.4) is 0 Å². The van der Waals surface area contributed by atoms with E-state index < -0.39 is 0 Å². The number of nitrogens with zero attached hydrogens (tertiary/aromatic N) is 2. The van der Waals surface area contributed by atoms with Gasteiger partial charge in [-0.1, -0.05) is 75.3 Å². The SMILES string of the molecule is CCCCCCCCCCCCc1cccs1.OO.c1csnn1. The predicted octanol–water partition coefficient (Wildman–Crippen LogP) is 6.77. The van der Waals surface area contributed by atoms with Crippen LogP contribution in [0.25, 0.3) is 0 Å². The first-order valence-electron chi connectivity index (χ1n) is 8.87. The van der Waals surface area contributed by atoms with Gasteiger partial charge in [0.2, 0.25) is 0 Å². The summed E-state index contributed by atoms with van der Waals surface area (Å²) in [5, 5.41) is 19.5. The summed E-state index contributed by atoms with van der Waals surface area (Å²) in [6.45, 7) is 2.29. The highest BCUT2D eigenvalue weighted by molar-refractivity contribution is 7.09. The van der Waals surface area contributed by atoms with Crippen molar-refractivity contribution >= 4 is 22.9 Å². The van der Waals surface area contributed by atoms with Crippen LogP contribution in [0.15, 0.2) is 29.1 Å². The van der Waals surface area contributed by atoms with Gasteiger partial charge in [0, 0.05) is 10.3 Å². The van der Waals surface area contributed by atoms with Gasteiger partial charge in [-0.05, 0) is 35.8 Å². The van der Waals surface area contributed by atoms with Gasteiger partial charge in [-0.15, -0.1) is 16.4 Å². The summed E-state index contributed by atoms with van der Waals surface area (Å²) >= 11 is 3.25. The van der Waals surface area contributed by atoms with E-state index in [0.29, 0.717) is 0 Å². The van der Waals surface area contributed by atoms with E-state index in [1.807, 2.05) is 16.7 Å². The van der Waals surface area contributed by atoms with Crippen LogP contribution in [-0.4, -0.2) is 20.1 Å². The Labute approximate surface area is 154 Å². The number of aryl methyl sites for hydroxylation is 1. The van der Waals surface area contributed by atoms with Gasteiger partial charge in [-0.2, -0.15) is 0 Å². The van der Waals surface area contributed by atoms with Gasteiger partial charge in [0.25, 0.3) is 0 Å². The van der Waals surface area contributed by atoms with E-state index in [-0.39, 0.29) is 0 Å². The van der Waals surface area contributed by atoms with Gasteiger partial charge in [0.15, 0.2) is 0 Å². The van der Waals surface area contributed by atoms with E-state index >= 15 is 0 Å². The minimum absolute atomic E-state index is 1.30. The average Bonchev–Trinajstić information content (AvgIpc) is 3.35. The number of hydrogen-bond donors (Lipinski definition) is 2. The number of rotatable bonds is 11. The van der Waals surface area contributed by atoms with E-state index in [1.54, 1.807) is 11.1 Å². The molecule has 138 valence electrons. The van der Waals surface area contributed by atoms with Gasteiger partial charge in [-0.3, -0.25) is 10.5 Å². The second-order valence-electron chi connectivity index (χ2n) is 5.60. The predicted molar refractivity (Wildman–Crippen MR) is 105 cm³/mol. The van der Waals surface area contributed by atoms with Crippen LogP contribution in [0.5, 0.6) is 0 Å². The van der Waals surface area contributed by atoms with Crippen molar-refractivity contribution in [2.75, 3.05) is 0 Å².